The van der Waals surface area contributed by atoms with Crippen LogP contribution >= 0.6 is 11.6 Å². The molecule has 3 N–H and O–H groups in total. The summed E-state index contributed by atoms with van der Waals surface area (Å²) in [5.74, 6) is -1.35. The SMILES string of the molecule is CN(C)C(=O)COC(=O)CN1CC[C@@H](N2CCN(C(=O)[C@@H](Cc3cc(Cl)c(N)c(C(F)(F)F)c3)OC(=O)N3CCC(N4CCc5ccccc5NC4=O)CC3)CC2)C1. The molecule has 0 unspecified atom stereocenters. The van der Waals surface area contributed by atoms with Crippen LogP contribution in [0, 0.1) is 0 Å². The molecule has 5 amide bonds. The van der Waals surface area contributed by atoms with Gasteiger partial charge in [-0.2, -0.15) is 13.2 Å². The molecule has 4 aliphatic rings. The molecule has 0 radical (unpaired) electrons. The van der Waals surface area contributed by atoms with Gasteiger partial charge in [0.2, 0.25) is 0 Å². The van der Waals surface area contributed by atoms with Crippen LogP contribution in [0.15, 0.2) is 36.4 Å². The van der Waals surface area contributed by atoms with Gasteiger partial charge in [0.05, 0.1) is 22.8 Å². The number of nitrogens with zero attached hydrogens (tertiary/aromatic N) is 6. The third kappa shape index (κ3) is 10.4. The maximum absolute atomic E-state index is 14.1. The Morgan fingerprint density at radius 3 is 2.33 bits per heavy atom. The number of ether oxygens (including phenoxy) is 2. The van der Waals surface area contributed by atoms with Crippen LogP contribution in [-0.2, 0) is 42.9 Å². The smallest absolute Gasteiger partial charge is 0.418 e. The van der Waals surface area contributed by atoms with Crippen molar-refractivity contribution in [3.8, 4) is 0 Å². The van der Waals surface area contributed by atoms with Gasteiger partial charge in [-0.1, -0.05) is 29.8 Å². The predicted molar refractivity (Wildman–Crippen MR) is 208 cm³/mol. The van der Waals surface area contributed by atoms with E-state index in [0.717, 1.165) is 23.7 Å². The Kier molecular flexibility index (Phi) is 13.6. The highest BCUT2D eigenvalue weighted by atomic mass is 35.5. The zero-order chi connectivity index (χ0) is 41.7. The molecule has 4 aliphatic heterocycles. The number of fused-ring (bicyclic) bond motifs is 1. The molecule has 15 nitrogen and oxygen atoms in total. The molecule has 0 bridgehead atoms. The normalized spacial score (nSPS) is 20.2. The first kappa shape index (κ1) is 42.8. The summed E-state index contributed by atoms with van der Waals surface area (Å²) in [7, 11) is 3.16. The van der Waals surface area contributed by atoms with Crippen molar-refractivity contribution in [2.24, 2.45) is 0 Å². The Labute approximate surface area is 340 Å². The Balaban J connectivity index is 1.07. The van der Waals surface area contributed by atoms with Gasteiger partial charge in [-0.25, -0.2) is 9.59 Å². The van der Waals surface area contributed by atoms with E-state index in [1.54, 1.807) is 23.9 Å². The van der Waals surface area contributed by atoms with E-state index >= 15 is 0 Å². The number of para-hydroxylation sites is 1. The quantitative estimate of drug-likeness (QED) is 0.268. The lowest BCUT2D eigenvalue weighted by atomic mass is 10.0. The first-order valence-corrected chi connectivity index (χ1v) is 19.8. The fraction of sp³-hybridized carbons (Fsp3) is 0.564. The number of carbonyl (C=O) groups excluding carboxylic acids is 5. The number of piperazine rings is 1. The number of hydrogen-bond donors (Lipinski definition) is 2. The highest BCUT2D eigenvalue weighted by Crippen LogP contribution is 2.38. The van der Waals surface area contributed by atoms with E-state index in [1.165, 1.54) is 15.9 Å². The van der Waals surface area contributed by atoms with E-state index in [0.29, 0.717) is 52.0 Å². The minimum atomic E-state index is -4.81. The summed E-state index contributed by atoms with van der Waals surface area (Å²) in [5.41, 5.74) is 5.72. The lowest BCUT2D eigenvalue weighted by Crippen LogP contribution is -2.55. The number of nitrogens with two attached hydrogens (primary N) is 1. The number of rotatable bonds is 10. The summed E-state index contributed by atoms with van der Waals surface area (Å²) >= 11 is 6.13. The zero-order valence-electron chi connectivity index (χ0n) is 32.6. The first-order valence-electron chi connectivity index (χ1n) is 19.4. The monoisotopic (exact) mass is 834 g/mol. The predicted octanol–water partition coefficient (Wildman–Crippen LogP) is 3.39. The Bertz CT molecular complexity index is 1850. The summed E-state index contributed by atoms with van der Waals surface area (Å²) in [6.07, 6.45) is -5.02. The zero-order valence-corrected chi connectivity index (χ0v) is 33.4. The number of carbonyl (C=O) groups is 5. The minimum absolute atomic E-state index is 0.0267. The van der Waals surface area contributed by atoms with Crippen LogP contribution < -0.4 is 11.1 Å². The summed E-state index contributed by atoms with van der Waals surface area (Å²) in [6, 6.07) is 9.46. The highest BCUT2D eigenvalue weighted by molar-refractivity contribution is 6.33. The van der Waals surface area contributed by atoms with E-state index in [2.05, 4.69) is 10.2 Å². The van der Waals surface area contributed by atoms with Crippen LogP contribution in [0.5, 0.6) is 0 Å². The molecular formula is C39H50ClF3N8O7. The standard InChI is InChI=1S/C39H50ClF3N8O7/c1-46(2)33(52)24-57-34(53)23-47-11-8-28(22-47)48-15-17-49(18-16-48)36(54)32(21-25-19-29(39(41,42)43)35(44)30(40)20-25)58-38(56)50-12-9-27(10-13-50)51-14-7-26-5-3-4-6-31(26)45-37(51)55/h3-6,19-20,27-28,32H,7-18,21-24,44H2,1-2H3,(H,45,55)/t28-,32-/m1/s1. The molecule has 58 heavy (non-hydrogen) atoms. The summed E-state index contributed by atoms with van der Waals surface area (Å²) in [4.78, 5) is 75.3. The third-order valence-electron chi connectivity index (χ3n) is 11.3. The molecule has 316 valence electrons. The van der Waals surface area contributed by atoms with E-state index in [4.69, 9.17) is 26.8 Å². The number of piperidine rings is 1. The number of anilines is 2. The number of urea groups is 1. The molecular weight excluding hydrogens is 785 g/mol. The Hall–Kier alpha value is -4.81. The molecule has 0 spiro atoms. The molecule has 0 aliphatic carbocycles. The molecule has 4 heterocycles. The molecule has 2 aromatic carbocycles. The van der Waals surface area contributed by atoms with Crippen molar-refractivity contribution < 1.29 is 46.6 Å². The second-order valence-electron chi connectivity index (χ2n) is 15.3. The third-order valence-corrected chi connectivity index (χ3v) is 11.7. The maximum Gasteiger partial charge on any atom is 0.418 e. The van der Waals surface area contributed by atoms with Crippen molar-refractivity contribution in [1.29, 1.82) is 0 Å². The van der Waals surface area contributed by atoms with Crippen molar-refractivity contribution in [1.82, 2.24) is 29.4 Å². The Morgan fingerprint density at radius 2 is 1.64 bits per heavy atom. The maximum atomic E-state index is 14.1. The lowest BCUT2D eigenvalue weighted by Gasteiger charge is -2.40. The second kappa shape index (κ2) is 18.4. The number of benzene rings is 2. The number of halogens is 4. The van der Waals surface area contributed by atoms with Gasteiger partial charge in [0, 0.05) is 97.2 Å². The van der Waals surface area contributed by atoms with Gasteiger partial charge < -0.3 is 40.1 Å². The summed E-state index contributed by atoms with van der Waals surface area (Å²) < 4.78 is 52.6. The van der Waals surface area contributed by atoms with Gasteiger partial charge >= 0.3 is 24.3 Å². The number of nitrogens with one attached hydrogen (secondary N) is 1. The molecule has 0 saturated carbocycles. The van der Waals surface area contributed by atoms with Crippen LogP contribution in [0.3, 0.4) is 0 Å². The van der Waals surface area contributed by atoms with Crippen LogP contribution in [-0.4, -0.2) is 164 Å². The van der Waals surface area contributed by atoms with Crippen LogP contribution in [0.1, 0.15) is 36.0 Å². The van der Waals surface area contributed by atoms with Crippen molar-refractivity contribution in [3.05, 3.63) is 58.1 Å². The number of hydrogen-bond acceptors (Lipinski definition) is 10. The van der Waals surface area contributed by atoms with E-state index in [1.807, 2.05) is 29.2 Å². The van der Waals surface area contributed by atoms with Crippen LogP contribution in [0.2, 0.25) is 5.02 Å². The van der Waals surface area contributed by atoms with Crippen molar-refractivity contribution in [2.45, 2.75) is 56.5 Å². The van der Waals surface area contributed by atoms with Gasteiger partial charge in [0.15, 0.2) is 12.7 Å². The lowest BCUT2D eigenvalue weighted by molar-refractivity contribution is -0.151. The average molecular weight is 835 g/mol. The molecule has 6 rings (SSSR count). The molecule has 2 aromatic rings. The van der Waals surface area contributed by atoms with E-state index in [9.17, 15) is 37.1 Å². The molecule has 0 aromatic heterocycles. The minimum Gasteiger partial charge on any atom is -0.455 e. The Morgan fingerprint density at radius 1 is 0.948 bits per heavy atom. The van der Waals surface area contributed by atoms with Gasteiger partial charge in [0.25, 0.3) is 11.8 Å². The average Bonchev–Trinajstić information content (AvgIpc) is 3.59. The van der Waals surface area contributed by atoms with Gasteiger partial charge in [0.1, 0.15) is 0 Å². The van der Waals surface area contributed by atoms with Gasteiger partial charge in [-0.15, -0.1) is 0 Å². The van der Waals surface area contributed by atoms with Gasteiger partial charge in [-0.05, 0) is 55.0 Å². The molecule has 19 heteroatoms. The van der Waals surface area contributed by atoms with Gasteiger partial charge in [-0.3, -0.25) is 24.2 Å². The number of likely N-dealkylation sites (N-methyl/N-ethyl adjacent to an activating group) is 1. The number of esters is 1. The number of amides is 5. The number of alkyl halides is 3. The first-order chi connectivity index (χ1) is 27.6. The largest absolute Gasteiger partial charge is 0.455 e. The van der Waals surface area contributed by atoms with Crippen molar-refractivity contribution in [2.75, 3.05) is 97.2 Å². The molecule has 3 fully saturated rings. The fourth-order valence-electron chi connectivity index (χ4n) is 7.98. The van der Waals surface area contributed by atoms with Crippen molar-refractivity contribution >= 4 is 52.9 Å². The number of nitrogen functional groups attached to an aromatic ring is 1. The van der Waals surface area contributed by atoms with Crippen LogP contribution in [0.25, 0.3) is 0 Å². The second-order valence-corrected chi connectivity index (χ2v) is 15.8. The summed E-state index contributed by atoms with van der Waals surface area (Å²) in [5, 5.41) is 2.64. The van der Waals surface area contributed by atoms with Crippen molar-refractivity contribution in [3.63, 3.8) is 0 Å². The van der Waals surface area contributed by atoms with Crippen LogP contribution in [0.4, 0.5) is 34.1 Å². The molecule has 3 saturated heterocycles. The molecule has 2 atom stereocenters. The highest BCUT2D eigenvalue weighted by Gasteiger charge is 2.39. The summed E-state index contributed by atoms with van der Waals surface area (Å²) in [6.45, 7) is 3.51. The fourth-order valence-corrected chi connectivity index (χ4v) is 8.22. The topological polar surface area (TPSA) is 161 Å². The number of likely N-dealkylation sites (tertiary alicyclic amines) is 2. The van der Waals surface area contributed by atoms with E-state index in [-0.39, 0.29) is 80.4 Å². The van der Waals surface area contributed by atoms with E-state index < -0.39 is 41.5 Å².